The summed E-state index contributed by atoms with van der Waals surface area (Å²) >= 11 is 0. The third kappa shape index (κ3) is 4.03. The molecule has 0 amide bonds. The van der Waals surface area contributed by atoms with Gasteiger partial charge in [0.25, 0.3) is 0 Å². The molecular weight excluding hydrogens is 298 g/mol. The Morgan fingerprint density at radius 3 is 2.33 bits per heavy atom. The van der Waals surface area contributed by atoms with Crippen LogP contribution in [0, 0.1) is 13.8 Å². The van der Waals surface area contributed by atoms with Gasteiger partial charge in [0.05, 0.1) is 5.69 Å². The number of ether oxygens (including phenoxy) is 1. The molecule has 1 aromatic heterocycles. The van der Waals surface area contributed by atoms with Crippen LogP contribution in [0.2, 0.25) is 0 Å². The molecular formula is C20H23N3O. The number of aryl methyl sites for hydroxylation is 2. The van der Waals surface area contributed by atoms with Crippen molar-refractivity contribution >= 4 is 0 Å². The minimum atomic E-state index is 0.575. The molecule has 4 heteroatoms. The first-order valence-corrected chi connectivity index (χ1v) is 8.20. The van der Waals surface area contributed by atoms with Crippen LogP contribution in [0.15, 0.2) is 54.6 Å². The molecule has 0 saturated carbocycles. The fourth-order valence-corrected chi connectivity index (χ4v) is 2.71. The zero-order valence-electron chi connectivity index (χ0n) is 14.2. The number of benzene rings is 2. The van der Waals surface area contributed by atoms with Crippen molar-refractivity contribution in [2.24, 2.45) is 0 Å². The van der Waals surface area contributed by atoms with Gasteiger partial charge in [-0.3, -0.25) is 5.10 Å². The van der Waals surface area contributed by atoms with Crippen LogP contribution in [0.5, 0.6) is 5.75 Å². The fourth-order valence-electron chi connectivity index (χ4n) is 2.71. The molecule has 4 nitrogen and oxygen atoms in total. The van der Waals surface area contributed by atoms with E-state index in [1.165, 1.54) is 16.7 Å². The lowest BCUT2D eigenvalue weighted by molar-refractivity contribution is 0.304. The van der Waals surface area contributed by atoms with E-state index in [1.807, 2.05) is 37.3 Å². The van der Waals surface area contributed by atoms with E-state index in [4.69, 9.17) is 4.74 Å². The molecule has 0 radical (unpaired) electrons. The second kappa shape index (κ2) is 7.79. The molecule has 3 rings (SSSR count). The number of hydrogen-bond acceptors (Lipinski definition) is 3. The number of H-pyrrole nitrogens is 1. The molecule has 2 N–H and O–H groups in total. The summed E-state index contributed by atoms with van der Waals surface area (Å²) in [6.45, 7) is 6.27. The Morgan fingerprint density at radius 2 is 1.62 bits per heavy atom. The van der Waals surface area contributed by atoms with Crippen LogP contribution in [0.4, 0.5) is 0 Å². The van der Waals surface area contributed by atoms with E-state index in [2.05, 4.69) is 46.7 Å². The van der Waals surface area contributed by atoms with E-state index in [-0.39, 0.29) is 0 Å². The van der Waals surface area contributed by atoms with Gasteiger partial charge in [-0.2, -0.15) is 5.10 Å². The Hall–Kier alpha value is -2.59. The van der Waals surface area contributed by atoms with Gasteiger partial charge in [-0.25, -0.2) is 0 Å². The number of rotatable bonds is 7. The van der Waals surface area contributed by atoms with E-state index in [1.54, 1.807) is 0 Å². The molecule has 1 heterocycles. The van der Waals surface area contributed by atoms with Crippen molar-refractivity contribution in [3.05, 3.63) is 82.7 Å². The molecule has 0 unspecified atom stereocenters. The molecule has 0 aliphatic rings. The third-order valence-corrected chi connectivity index (χ3v) is 4.15. The summed E-state index contributed by atoms with van der Waals surface area (Å²) in [7, 11) is 0. The highest BCUT2D eigenvalue weighted by molar-refractivity contribution is 5.28. The molecule has 0 aliphatic heterocycles. The number of para-hydroxylation sites is 1. The van der Waals surface area contributed by atoms with Crippen LogP contribution in [0.25, 0.3) is 0 Å². The van der Waals surface area contributed by atoms with Crippen LogP contribution < -0.4 is 10.1 Å². The molecule has 0 fully saturated rings. The van der Waals surface area contributed by atoms with Gasteiger partial charge >= 0.3 is 0 Å². The summed E-state index contributed by atoms with van der Waals surface area (Å²) in [5.41, 5.74) is 5.89. The largest absolute Gasteiger partial charge is 0.489 e. The lowest BCUT2D eigenvalue weighted by Gasteiger charge is -2.12. The topological polar surface area (TPSA) is 49.9 Å². The van der Waals surface area contributed by atoms with Gasteiger partial charge in [0.1, 0.15) is 12.4 Å². The van der Waals surface area contributed by atoms with Crippen molar-refractivity contribution in [3.63, 3.8) is 0 Å². The maximum Gasteiger partial charge on any atom is 0.119 e. The standard InChI is InChI=1S/C20H23N3O/c1-15-20(16(2)23-22-15)13-21-12-17-8-6-7-9-18(17)14-24-19-10-4-3-5-11-19/h3-11,21H,12-14H2,1-2H3,(H,22,23). The zero-order valence-corrected chi connectivity index (χ0v) is 14.2. The van der Waals surface area contributed by atoms with E-state index in [0.717, 1.165) is 30.2 Å². The monoisotopic (exact) mass is 321 g/mol. The Labute approximate surface area is 142 Å². The van der Waals surface area contributed by atoms with Crippen LogP contribution in [0.3, 0.4) is 0 Å². The van der Waals surface area contributed by atoms with Crippen molar-refractivity contribution < 1.29 is 4.74 Å². The van der Waals surface area contributed by atoms with E-state index >= 15 is 0 Å². The molecule has 3 aromatic rings. The van der Waals surface area contributed by atoms with Gasteiger partial charge < -0.3 is 10.1 Å². The highest BCUT2D eigenvalue weighted by Crippen LogP contribution is 2.15. The van der Waals surface area contributed by atoms with E-state index in [9.17, 15) is 0 Å². The fraction of sp³-hybridized carbons (Fsp3) is 0.250. The number of hydrogen-bond donors (Lipinski definition) is 2. The summed E-state index contributed by atoms with van der Waals surface area (Å²) in [5, 5.41) is 10.8. The normalized spacial score (nSPS) is 10.8. The smallest absolute Gasteiger partial charge is 0.119 e. The second-order valence-corrected chi connectivity index (χ2v) is 5.89. The van der Waals surface area contributed by atoms with Gasteiger partial charge in [-0.15, -0.1) is 0 Å². The summed E-state index contributed by atoms with van der Waals surface area (Å²) in [4.78, 5) is 0. The van der Waals surface area contributed by atoms with Crippen molar-refractivity contribution in [1.29, 1.82) is 0 Å². The van der Waals surface area contributed by atoms with Gasteiger partial charge in [0, 0.05) is 24.3 Å². The first kappa shape index (κ1) is 16.3. The number of nitrogens with zero attached hydrogens (tertiary/aromatic N) is 1. The minimum Gasteiger partial charge on any atom is -0.489 e. The highest BCUT2D eigenvalue weighted by atomic mass is 16.5. The molecule has 2 aromatic carbocycles. The van der Waals surface area contributed by atoms with Crippen molar-refractivity contribution in [2.45, 2.75) is 33.5 Å². The number of nitrogens with one attached hydrogen (secondary N) is 2. The van der Waals surface area contributed by atoms with Gasteiger partial charge in [-0.1, -0.05) is 42.5 Å². The van der Waals surface area contributed by atoms with Crippen LogP contribution >= 0.6 is 0 Å². The maximum atomic E-state index is 5.88. The van der Waals surface area contributed by atoms with E-state index in [0.29, 0.717) is 6.61 Å². The molecule has 0 aliphatic carbocycles. The lowest BCUT2D eigenvalue weighted by atomic mass is 10.1. The Kier molecular flexibility index (Phi) is 5.29. The molecule has 0 bridgehead atoms. The summed E-state index contributed by atoms with van der Waals surface area (Å²) in [5.74, 6) is 0.893. The summed E-state index contributed by atoms with van der Waals surface area (Å²) in [6.07, 6.45) is 0. The predicted octanol–water partition coefficient (Wildman–Crippen LogP) is 3.90. The summed E-state index contributed by atoms with van der Waals surface area (Å²) < 4.78 is 5.88. The second-order valence-electron chi connectivity index (χ2n) is 5.89. The molecule has 0 atom stereocenters. The number of aromatic amines is 1. The van der Waals surface area contributed by atoms with Crippen molar-refractivity contribution in [2.75, 3.05) is 0 Å². The third-order valence-electron chi connectivity index (χ3n) is 4.15. The molecule has 0 saturated heterocycles. The maximum absolute atomic E-state index is 5.88. The van der Waals surface area contributed by atoms with Crippen LogP contribution in [-0.2, 0) is 19.7 Å². The Balaban J connectivity index is 1.60. The van der Waals surface area contributed by atoms with Crippen molar-refractivity contribution in [3.8, 4) is 5.75 Å². The Bertz CT molecular complexity index is 761. The van der Waals surface area contributed by atoms with E-state index < -0.39 is 0 Å². The SMILES string of the molecule is Cc1n[nH]c(C)c1CNCc1ccccc1COc1ccccc1. The molecule has 24 heavy (non-hydrogen) atoms. The minimum absolute atomic E-state index is 0.575. The van der Waals surface area contributed by atoms with Gasteiger partial charge in [0.15, 0.2) is 0 Å². The van der Waals surface area contributed by atoms with Gasteiger partial charge in [0.2, 0.25) is 0 Å². The zero-order chi connectivity index (χ0) is 16.8. The van der Waals surface area contributed by atoms with Crippen LogP contribution in [-0.4, -0.2) is 10.2 Å². The number of aromatic nitrogens is 2. The highest BCUT2D eigenvalue weighted by Gasteiger charge is 2.07. The summed E-state index contributed by atoms with van der Waals surface area (Å²) in [6, 6.07) is 18.3. The average molecular weight is 321 g/mol. The lowest BCUT2D eigenvalue weighted by Crippen LogP contribution is -2.15. The molecule has 124 valence electrons. The quantitative estimate of drug-likeness (QED) is 0.694. The average Bonchev–Trinajstić information content (AvgIpc) is 2.94. The Morgan fingerprint density at radius 1 is 0.917 bits per heavy atom. The molecule has 0 spiro atoms. The van der Waals surface area contributed by atoms with Gasteiger partial charge in [-0.05, 0) is 37.1 Å². The van der Waals surface area contributed by atoms with Crippen molar-refractivity contribution in [1.82, 2.24) is 15.5 Å². The first-order chi connectivity index (χ1) is 11.7. The van der Waals surface area contributed by atoms with Crippen LogP contribution in [0.1, 0.15) is 28.1 Å². The predicted molar refractivity (Wildman–Crippen MR) is 95.8 cm³/mol. The first-order valence-electron chi connectivity index (χ1n) is 8.20.